The number of anilines is 2. The van der Waals surface area contributed by atoms with Crippen molar-refractivity contribution in [2.45, 2.75) is 65.2 Å². The van der Waals surface area contributed by atoms with Crippen LogP contribution in [-0.4, -0.2) is 52.1 Å². The fraction of sp³-hybridized carbons (Fsp3) is 0.727. The maximum absolute atomic E-state index is 10.7. The molecule has 0 amide bonds. The van der Waals surface area contributed by atoms with Crippen molar-refractivity contribution < 1.29 is 36.6 Å². The highest BCUT2D eigenvalue weighted by molar-refractivity contribution is 7.86. The molecule has 0 atom stereocenters. The standard InChI is InChI=1S/2C8H19N.C6H8N2O6S2/c2*1-7(2)5-9-6-8(3)4;7-3-1-4(8)6(16(12,13)14)2-5(3)15(9,10)11/h2*7-9H,5-6H2,1-4H3;1-2H,7-8H2,(H,9,10,11)(H,12,13,14). The normalized spacial score (nSPS) is 11.9. The molecule has 0 aliphatic carbocycles. The smallest absolute Gasteiger partial charge is 0.126 e. The first-order valence-electron chi connectivity index (χ1n) is 11.5. The summed E-state index contributed by atoms with van der Waals surface area (Å²) in [4.78, 5) is -1.98. The summed E-state index contributed by atoms with van der Waals surface area (Å²) >= 11 is 0. The molecule has 0 aromatic heterocycles. The Hall–Kier alpha value is -1.44. The van der Waals surface area contributed by atoms with Crippen molar-refractivity contribution in [2.75, 3.05) is 37.6 Å². The van der Waals surface area contributed by atoms with E-state index in [1.807, 2.05) is 0 Å². The van der Waals surface area contributed by atoms with Crippen LogP contribution in [0.5, 0.6) is 0 Å². The lowest BCUT2D eigenvalue weighted by atomic mass is 10.2. The Morgan fingerprint density at radius 3 is 1.03 bits per heavy atom. The van der Waals surface area contributed by atoms with E-state index in [0.717, 1.165) is 29.7 Å². The van der Waals surface area contributed by atoms with Gasteiger partial charge in [-0.1, -0.05) is 55.4 Å². The summed E-state index contributed by atoms with van der Waals surface area (Å²) in [6.45, 7) is 23.2. The number of nitrogens with two attached hydrogens (primary N) is 4. The second-order valence-corrected chi connectivity index (χ2v) is 12.6. The maximum Gasteiger partial charge on any atom is 0.126 e. The summed E-state index contributed by atoms with van der Waals surface area (Å²) in [7, 11) is -9.93. The van der Waals surface area contributed by atoms with Gasteiger partial charge in [0.05, 0.1) is 47.3 Å². The number of nitrogen functional groups attached to an aromatic ring is 2. The molecule has 0 fully saturated rings. The molecular formula is C22H46N4O6S2. The van der Waals surface area contributed by atoms with E-state index in [1.165, 1.54) is 26.2 Å². The fourth-order valence-electron chi connectivity index (χ4n) is 2.55. The predicted molar refractivity (Wildman–Crippen MR) is 134 cm³/mol. The molecule has 0 heterocycles. The average molecular weight is 527 g/mol. The zero-order chi connectivity index (χ0) is 27.3. The Labute approximate surface area is 206 Å². The average Bonchev–Trinajstić information content (AvgIpc) is 2.59. The van der Waals surface area contributed by atoms with Crippen molar-refractivity contribution in [3.63, 3.8) is 0 Å². The van der Waals surface area contributed by atoms with Crippen molar-refractivity contribution in [3.8, 4) is 0 Å². The maximum atomic E-state index is 10.7. The summed E-state index contributed by atoms with van der Waals surface area (Å²) in [6, 6.07) is 1.09. The van der Waals surface area contributed by atoms with Gasteiger partial charge in [-0.15, -0.1) is 0 Å². The van der Waals surface area contributed by atoms with Gasteiger partial charge in [-0.05, 0) is 12.1 Å². The summed E-state index contributed by atoms with van der Waals surface area (Å²) in [5, 5.41) is 4.80. The molecule has 10 nitrogen and oxygen atoms in total. The van der Waals surface area contributed by atoms with E-state index in [4.69, 9.17) is 11.5 Å². The van der Waals surface area contributed by atoms with Gasteiger partial charge in [0.15, 0.2) is 0 Å². The van der Waals surface area contributed by atoms with Crippen LogP contribution in [0.3, 0.4) is 0 Å². The first-order chi connectivity index (χ1) is 15.3. The predicted octanol–water partition coefficient (Wildman–Crippen LogP) is 0.383. The zero-order valence-electron chi connectivity index (χ0n) is 21.9. The Bertz CT molecular complexity index is 828. The van der Waals surface area contributed by atoms with Gasteiger partial charge in [-0.25, -0.2) is 16.8 Å². The second kappa shape index (κ2) is 16.3. The number of rotatable bonds is 10. The van der Waals surface area contributed by atoms with Gasteiger partial charge in [0.2, 0.25) is 0 Å². The van der Waals surface area contributed by atoms with E-state index in [2.05, 4.69) is 66.0 Å². The third kappa shape index (κ3) is 18.0. The van der Waals surface area contributed by atoms with Crippen molar-refractivity contribution >= 4 is 31.6 Å². The molecule has 0 bridgehead atoms. The van der Waals surface area contributed by atoms with Crippen LogP contribution in [0.2, 0.25) is 0 Å². The number of quaternary nitrogens is 2. The molecular weight excluding hydrogens is 480 g/mol. The highest BCUT2D eigenvalue weighted by Gasteiger charge is 2.14. The molecule has 12 heteroatoms. The van der Waals surface area contributed by atoms with Gasteiger partial charge < -0.3 is 31.2 Å². The van der Waals surface area contributed by atoms with Crippen LogP contribution in [0.1, 0.15) is 55.4 Å². The van der Waals surface area contributed by atoms with Crippen LogP contribution in [0.4, 0.5) is 11.4 Å². The van der Waals surface area contributed by atoms with Crippen LogP contribution in [0, 0.1) is 23.7 Å². The van der Waals surface area contributed by atoms with Crippen LogP contribution in [0.25, 0.3) is 0 Å². The van der Waals surface area contributed by atoms with Crippen molar-refractivity contribution in [1.29, 1.82) is 0 Å². The Morgan fingerprint density at radius 2 is 0.853 bits per heavy atom. The molecule has 1 rings (SSSR count). The molecule has 1 aromatic rings. The largest absolute Gasteiger partial charge is 0.744 e. The molecule has 0 saturated heterocycles. The first kappa shape index (κ1) is 34.7. The third-order valence-electron chi connectivity index (χ3n) is 4.23. The first-order valence-corrected chi connectivity index (χ1v) is 14.3. The summed E-state index contributed by atoms with van der Waals surface area (Å²) in [5.74, 6) is 3.35. The number of hydrogen-bond donors (Lipinski definition) is 4. The van der Waals surface area contributed by atoms with Crippen LogP contribution >= 0.6 is 0 Å². The van der Waals surface area contributed by atoms with E-state index < -0.39 is 41.4 Å². The van der Waals surface area contributed by atoms with Crippen LogP contribution in [0.15, 0.2) is 21.9 Å². The lowest BCUT2D eigenvalue weighted by Gasteiger charge is -2.15. The van der Waals surface area contributed by atoms with E-state index >= 15 is 0 Å². The fourth-order valence-corrected chi connectivity index (χ4v) is 3.85. The van der Waals surface area contributed by atoms with E-state index in [9.17, 15) is 25.9 Å². The molecule has 0 spiro atoms. The molecule has 0 aliphatic rings. The number of hydrogen-bond acceptors (Lipinski definition) is 8. The van der Waals surface area contributed by atoms with E-state index in [-0.39, 0.29) is 0 Å². The van der Waals surface area contributed by atoms with E-state index in [0.29, 0.717) is 6.07 Å². The summed E-state index contributed by atoms with van der Waals surface area (Å²) in [5.41, 5.74) is 9.30. The molecule has 0 saturated carbocycles. The minimum absolute atomic E-state index is 0.356. The molecule has 34 heavy (non-hydrogen) atoms. The lowest BCUT2D eigenvalue weighted by molar-refractivity contribution is -0.664. The molecule has 0 unspecified atom stereocenters. The quantitative estimate of drug-likeness (QED) is 0.247. The Balaban J connectivity index is 0. The van der Waals surface area contributed by atoms with Crippen molar-refractivity contribution in [2.24, 2.45) is 23.7 Å². The highest BCUT2D eigenvalue weighted by Crippen LogP contribution is 2.27. The van der Waals surface area contributed by atoms with Gasteiger partial charge in [0.1, 0.15) is 20.2 Å². The monoisotopic (exact) mass is 526 g/mol. The highest BCUT2D eigenvalue weighted by atomic mass is 32.2. The van der Waals surface area contributed by atoms with Gasteiger partial charge >= 0.3 is 0 Å². The van der Waals surface area contributed by atoms with Crippen LogP contribution < -0.4 is 22.1 Å². The second-order valence-electron chi connectivity index (χ2n) is 9.93. The van der Waals surface area contributed by atoms with Gasteiger partial charge in [0, 0.05) is 23.7 Å². The molecule has 0 aliphatic heterocycles. The van der Waals surface area contributed by atoms with Crippen LogP contribution in [-0.2, 0) is 20.2 Å². The lowest BCUT2D eigenvalue weighted by Crippen LogP contribution is -2.86. The Morgan fingerprint density at radius 1 is 0.618 bits per heavy atom. The molecule has 202 valence electrons. The SMILES string of the molecule is CC(C)C[NH2+]CC(C)C.CC(C)C[NH2+]CC(C)C.Nc1cc(N)c(S(=O)(=O)[O-])cc1S(=O)(=O)[O-]. The van der Waals surface area contributed by atoms with Gasteiger partial charge in [-0.2, -0.15) is 0 Å². The van der Waals surface area contributed by atoms with Crippen molar-refractivity contribution in [3.05, 3.63) is 12.1 Å². The third-order valence-corrected chi connectivity index (χ3v) is 6.02. The minimum atomic E-state index is -4.97. The zero-order valence-corrected chi connectivity index (χ0v) is 23.5. The Kier molecular flexibility index (Phi) is 16.6. The number of benzene rings is 1. The minimum Gasteiger partial charge on any atom is -0.744 e. The molecule has 8 N–H and O–H groups in total. The van der Waals surface area contributed by atoms with Crippen molar-refractivity contribution in [1.82, 2.24) is 0 Å². The summed E-state index contributed by atoms with van der Waals surface area (Å²) in [6.07, 6.45) is 0. The molecule has 1 aromatic carbocycles. The van der Waals surface area contributed by atoms with E-state index in [1.54, 1.807) is 0 Å². The topological polar surface area (TPSA) is 200 Å². The van der Waals surface area contributed by atoms with Gasteiger partial charge in [-0.3, -0.25) is 0 Å². The summed E-state index contributed by atoms with van der Waals surface area (Å²) < 4.78 is 64.0. The van der Waals surface area contributed by atoms with Gasteiger partial charge in [0.25, 0.3) is 0 Å². The molecule has 0 radical (unpaired) electrons.